The van der Waals surface area contributed by atoms with E-state index in [0.29, 0.717) is 17.9 Å². The van der Waals surface area contributed by atoms with Gasteiger partial charge in [0.15, 0.2) is 0 Å². The average Bonchev–Trinajstić information content (AvgIpc) is 2.94. The van der Waals surface area contributed by atoms with Crippen molar-refractivity contribution in [1.82, 2.24) is 10.6 Å². The zero-order chi connectivity index (χ0) is 18.1. The Kier molecular flexibility index (Phi) is 4.97. The number of hydrogen-bond acceptors (Lipinski definition) is 2. The van der Waals surface area contributed by atoms with Gasteiger partial charge in [-0.15, -0.1) is 0 Å². The number of nitrogens with one attached hydrogen (secondary N) is 2. The van der Waals surface area contributed by atoms with Crippen molar-refractivity contribution < 1.29 is 0 Å². The van der Waals surface area contributed by atoms with Crippen molar-refractivity contribution in [2.45, 2.75) is 43.5 Å². The van der Waals surface area contributed by atoms with Crippen LogP contribution >= 0.6 is 7.92 Å². The van der Waals surface area contributed by atoms with Gasteiger partial charge < -0.3 is 10.6 Å². The molecule has 3 aromatic rings. The van der Waals surface area contributed by atoms with Gasteiger partial charge in [0.2, 0.25) is 0 Å². The molecule has 1 aliphatic carbocycles. The van der Waals surface area contributed by atoms with E-state index in [1.54, 1.807) is 0 Å². The first kappa shape index (κ1) is 17.4. The van der Waals surface area contributed by atoms with E-state index in [1.165, 1.54) is 47.3 Å². The first-order valence-corrected chi connectivity index (χ1v) is 11.8. The second-order valence-electron chi connectivity index (χ2n) is 7.84. The number of rotatable bonds is 2. The van der Waals surface area contributed by atoms with E-state index in [4.69, 9.17) is 0 Å². The van der Waals surface area contributed by atoms with Crippen LogP contribution in [0.2, 0.25) is 0 Å². The van der Waals surface area contributed by atoms with Gasteiger partial charge in [0.1, 0.15) is 0 Å². The SMILES string of the molecule is c1ccc(P2CN[C@H]3CCCC[C@@H]3NC2c2ccc3ccccc3c2)cc1. The normalized spacial score (nSPS) is 28.4. The van der Waals surface area contributed by atoms with Gasteiger partial charge in [-0.25, -0.2) is 0 Å². The highest BCUT2D eigenvalue weighted by molar-refractivity contribution is 7.65. The number of fused-ring (bicyclic) bond motifs is 2. The molecule has 27 heavy (non-hydrogen) atoms. The molecule has 3 heteroatoms. The molecule has 5 rings (SSSR count). The summed E-state index contributed by atoms with van der Waals surface area (Å²) >= 11 is 0. The van der Waals surface area contributed by atoms with Crippen LogP contribution in [0.5, 0.6) is 0 Å². The highest BCUT2D eigenvalue weighted by Crippen LogP contribution is 2.50. The van der Waals surface area contributed by atoms with Gasteiger partial charge in [-0.05, 0) is 48.5 Å². The predicted molar refractivity (Wildman–Crippen MR) is 117 cm³/mol. The van der Waals surface area contributed by atoms with Crippen LogP contribution in [0.1, 0.15) is 37.0 Å². The fraction of sp³-hybridized carbons (Fsp3) is 0.333. The summed E-state index contributed by atoms with van der Waals surface area (Å²) in [6, 6.07) is 28.1. The molecule has 2 aliphatic rings. The number of benzene rings is 3. The third kappa shape index (κ3) is 3.55. The molecule has 1 saturated carbocycles. The topological polar surface area (TPSA) is 24.1 Å². The average molecular weight is 374 g/mol. The molecule has 2 N–H and O–H groups in total. The van der Waals surface area contributed by atoms with E-state index >= 15 is 0 Å². The maximum Gasteiger partial charge on any atom is 0.0579 e. The quantitative estimate of drug-likeness (QED) is 0.609. The fourth-order valence-electron chi connectivity index (χ4n) is 4.69. The number of hydrogen-bond donors (Lipinski definition) is 2. The lowest BCUT2D eigenvalue weighted by Crippen LogP contribution is -2.47. The second-order valence-corrected chi connectivity index (χ2v) is 10.1. The van der Waals surface area contributed by atoms with E-state index in [9.17, 15) is 0 Å². The summed E-state index contributed by atoms with van der Waals surface area (Å²) in [4.78, 5) is 0. The zero-order valence-electron chi connectivity index (χ0n) is 15.6. The summed E-state index contributed by atoms with van der Waals surface area (Å²) in [5, 5.41) is 12.2. The van der Waals surface area contributed by atoms with E-state index in [1.807, 2.05) is 0 Å². The van der Waals surface area contributed by atoms with Crippen LogP contribution in [0.25, 0.3) is 10.8 Å². The van der Waals surface area contributed by atoms with Gasteiger partial charge in [-0.2, -0.15) is 0 Å². The van der Waals surface area contributed by atoms with Crippen molar-refractivity contribution in [1.29, 1.82) is 0 Å². The Balaban J connectivity index is 1.56. The molecule has 2 fully saturated rings. The molecular formula is C24H27N2P. The smallest absolute Gasteiger partial charge is 0.0579 e. The van der Waals surface area contributed by atoms with Crippen LogP contribution in [-0.4, -0.2) is 18.4 Å². The van der Waals surface area contributed by atoms with Crippen LogP contribution in [0, 0.1) is 0 Å². The van der Waals surface area contributed by atoms with Crippen LogP contribution in [0.3, 0.4) is 0 Å². The summed E-state index contributed by atoms with van der Waals surface area (Å²) < 4.78 is 0. The third-order valence-electron chi connectivity index (χ3n) is 6.15. The molecule has 138 valence electrons. The van der Waals surface area contributed by atoms with Gasteiger partial charge in [0.25, 0.3) is 0 Å². The summed E-state index contributed by atoms with van der Waals surface area (Å²) in [6.45, 7) is 0. The van der Waals surface area contributed by atoms with Crippen LogP contribution in [0.4, 0.5) is 0 Å². The monoisotopic (exact) mass is 374 g/mol. The summed E-state index contributed by atoms with van der Waals surface area (Å²) in [5.41, 5.74) is 1.44. The van der Waals surface area contributed by atoms with Gasteiger partial charge in [0, 0.05) is 18.4 Å². The minimum atomic E-state index is -0.348. The Morgan fingerprint density at radius 3 is 2.33 bits per heavy atom. The molecule has 0 bridgehead atoms. The maximum atomic E-state index is 4.11. The van der Waals surface area contributed by atoms with Crippen molar-refractivity contribution in [3.8, 4) is 0 Å². The third-order valence-corrected chi connectivity index (χ3v) is 8.71. The zero-order valence-corrected chi connectivity index (χ0v) is 16.5. The highest BCUT2D eigenvalue weighted by atomic mass is 31.1. The molecule has 1 saturated heterocycles. The van der Waals surface area contributed by atoms with Crippen molar-refractivity contribution in [2.75, 3.05) is 6.29 Å². The lowest BCUT2D eigenvalue weighted by molar-refractivity contribution is 0.297. The molecule has 1 aliphatic heterocycles. The molecule has 2 unspecified atom stereocenters. The Morgan fingerprint density at radius 1 is 0.741 bits per heavy atom. The molecule has 0 spiro atoms. The maximum absolute atomic E-state index is 4.11. The molecule has 2 nitrogen and oxygen atoms in total. The van der Waals surface area contributed by atoms with Gasteiger partial charge in [-0.3, -0.25) is 0 Å². The fourth-order valence-corrected chi connectivity index (χ4v) is 7.23. The van der Waals surface area contributed by atoms with Crippen LogP contribution < -0.4 is 15.9 Å². The minimum absolute atomic E-state index is 0.348. The summed E-state index contributed by atoms with van der Waals surface area (Å²) in [6.07, 6.45) is 6.41. The molecular weight excluding hydrogens is 347 g/mol. The van der Waals surface area contributed by atoms with Gasteiger partial charge >= 0.3 is 0 Å². The Hall–Kier alpha value is -1.73. The Bertz CT molecular complexity index is 910. The van der Waals surface area contributed by atoms with Crippen molar-refractivity contribution >= 4 is 24.0 Å². The Labute approximate surface area is 163 Å². The lowest BCUT2D eigenvalue weighted by atomic mass is 9.90. The molecule has 4 atom stereocenters. The van der Waals surface area contributed by atoms with Gasteiger partial charge in [-0.1, -0.05) is 79.6 Å². The second kappa shape index (κ2) is 7.72. The van der Waals surface area contributed by atoms with Crippen LogP contribution in [0.15, 0.2) is 72.8 Å². The van der Waals surface area contributed by atoms with Crippen LogP contribution in [-0.2, 0) is 0 Å². The largest absolute Gasteiger partial charge is 0.308 e. The molecule has 1 heterocycles. The van der Waals surface area contributed by atoms with Gasteiger partial charge in [0.05, 0.1) is 5.78 Å². The van der Waals surface area contributed by atoms with E-state index in [2.05, 4.69) is 83.4 Å². The van der Waals surface area contributed by atoms with E-state index in [-0.39, 0.29) is 7.92 Å². The first-order valence-electron chi connectivity index (χ1n) is 10.2. The molecule has 3 aromatic carbocycles. The van der Waals surface area contributed by atoms with Crippen molar-refractivity contribution in [3.63, 3.8) is 0 Å². The molecule has 0 radical (unpaired) electrons. The highest BCUT2D eigenvalue weighted by Gasteiger charge is 2.35. The minimum Gasteiger partial charge on any atom is -0.308 e. The molecule has 0 aromatic heterocycles. The van der Waals surface area contributed by atoms with Crippen molar-refractivity contribution in [3.05, 3.63) is 78.4 Å². The Morgan fingerprint density at radius 2 is 1.48 bits per heavy atom. The predicted octanol–water partition coefficient (Wildman–Crippen LogP) is 5.11. The van der Waals surface area contributed by atoms with Crippen molar-refractivity contribution in [2.24, 2.45) is 0 Å². The van der Waals surface area contributed by atoms with E-state index < -0.39 is 0 Å². The molecule has 0 amide bonds. The first-order chi connectivity index (χ1) is 13.4. The lowest BCUT2D eigenvalue weighted by Gasteiger charge is -2.33. The summed E-state index contributed by atoms with van der Waals surface area (Å²) in [7, 11) is -0.348. The van der Waals surface area contributed by atoms with E-state index in [0.717, 1.165) is 6.29 Å². The summed E-state index contributed by atoms with van der Waals surface area (Å²) in [5.74, 6) is 0.410. The standard InChI is InChI=1S/C24H27N2P/c1-2-10-21(11-3-1)27-17-25-22-12-6-7-13-23(22)26-24(27)20-15-14-18-8-4-5-9-19(18)16-20/h1-5,8-11,14-16,22-26H,6-7,12-13,17H2/t22-,23-,24?,27?/m0/s1.